The highest BCUT2D eigenvalue weighted by atomic mass is 32.2. The molecule has 3 N–H and O–H groups in total. The Morgan fingerprint density at radius 3 is 2.33 bits per heavy atom. The van der Waals surface area contributed by atoms with E-state index in [1.54, 1.807) is 37.3 Å². The van der Waals surface area contributed by atoms with Crippen LogP contribution in [0.15, 0.2) is 23.1 Å². The van der Waals surface area contributed by atoms with Gasteiger partial charge < -0.3 is 19.3 Å². The molecule has 36 heavy (non-hydrogen) atoms. The number of thiazole rings is 1. The van der Waals surface area contributed by atoms with Crippen LogP contribution in [0.1, 0.15) is 76.9 Å². The molecular weight excluding hydrogens is 502 g/mol. The maximum Gasteiger partial charge on any atom is 0.411 e. The predicted molar refractivity (Wildman–Crippen MR) is 141 cm³/mol. The first-order valence-electron chi connectivity index (χ1n) is 12.3. The average Bonchev–Trinajstić information content (AvgIpc) is 3.22. The number of aryl methyl sites for hydroxylation is 1. The topological polar surface area (TPSA) is 127 Å². The Bertz CT molecular complexity index is 1090. The molecule has 1 heterocycles. The van der Waals surface area contributed by atoms with Crippen LogP contribution in [0.4, 0.5) is 15.3 Å². The van der Waals surface area contributed by atoms with Gasteiger partial charge in [-0.15, -0.1) is 11.3 Å². The number of amides is 2. The summed E-state index contributed by atoms with van der Waals surface area (Å²) in [4.78, 5) is 29.8. The highest BCUT2D eigenvalue weighted by Crippen LogP contribution is 2.41. The van der Waals surface area contributed by atoms with E-state index in [0.717, 1.165) is 41.3 Å². The summed E-state index contributed by atoms with van der Waals surface area (Å²) in [6.07, 6.45) is 2.71. The molecule has 11 heteroatoms. The highest BCUT2D eigenvalue weighted by Gasteiger charge is 2.28. The van der Waals surface area contributed by atoms with Crippen molar-refractivity contribution < 1.29 is 27.8 Å². The second-order valence-electron chi connectivity index (χ2n) is 9.37. The van der Waals surface area contributed by atoms with Crippen LogP contribution < -0.4 is 10.6 Å². The summed E-state index contributed by atoms with van der Waals surface area (Å²) in [5.74, 6) is 0.267. The van der Waals surface area contributed by atoms with Crippen molar-refractivity contribution in [3.63, 3.8) is 0 Å². The van der Waals surface area contributed by atoms with Gasteiger partial charge in [0.05, 0.1) is 32.7 Å². The molecular formula is C25H35N3O6S2. The molecule has 1 atom stereocenters. The molecule has 1 fully saturated rings. The van der Waals surface area contributed by atoms with Gasteiger partial charge in [-0.05, 0) is 71.9 Å². The summed E-state index contributed by atoms with van der Waals surface area (Å²) < 4.78 is 32.5. The van der Waals surface area contributed by atoms with Crippen LogP contribution >= 0.6 is 11.3 Å². The Balaban J connectivity index is 1.77. The molecule has 1 aromatic carbocycles. The second kappa shape index (κ2) is 12.6. The zero-order valence-corrected chi connectivity index (χ0v) is 23.0. The lowest BCUT2D eigenvalue weighted by Gasteiger charge is -2.28. The van der Waals surface area contributed by atoms with E-state index >= 15 is 0 Å². The molecule has 3 rings (SSSR count). The average molecular weight is 538 g/mol. The number of carbonyl (C=O) groups is 2. The number of alkyl carbamates (subject to hydrolysis) is 1. The van der Waals surface area contributed by atoms with Gasteiger partial charge in [-0.25, -0.2) is 18.8 Å². The molecule has 9 nitrogen and oxygen atoms in total. The number of aromatic nitrogens is 1. The lowest BCUT2D eigenvalue weighted by Crippen LogP contribution is -2.38. The van der Waals surface area contributed by atoms with E-state index in [9.17, 15) is 18.4 Å². The number of benzene rings is 1. The van der Waals surface area contributed by atoms with Crippen molar-refractivity contribution >= 4 is 40.3 Å². The lowest BCUT2D eigenvalue weighted by molar-refractivity contribution is 0.109. The second-order valence-corrected chi connectivity index (χ2v) is 11.3. The Labute approximate surface area is 218 Å². The van der Waals surface area contributed by atoms with Crippen LogP contribution in [0.3, 0.4) is 0 Å². The van der Waals surface area contributed by atoms with Gasteiger partial charge in [-0.3, -0.25) is 5.32 Å². The quantitative estimate of drug-likeness (QED) is 0.349. The summed E-state index contributed by atoms with van der Waals surface area (Å²) in [5, 5.41) is 6.55. The zero-order valence-electron chi connectivity index (χ0n) is 21.3. The van der Waals surface area contributed by atoms with Gasteiger partial charge in [0.25, 0.3) is 0 Å². The Hall–Kier alpha value is -2.50. The van der Waals surface area contributed by atoms with Crippen LogP contribution in [0.2, 0.25) is 0 Å². The molecule has 1 aliphatic rings. The smallest absolute Gasteiger partial charge is 0.411 e. The summed E-state index contributed by atoms with van der Waals surface area (Å²) in [5.41, 5.74) is 1.89. The lowest BCUT2D eigenvalue weighted by atomic mass is 9.86. The van der Waals surface area contributed by atoms with Gasteiger partial charge in [0.2, 0.25) is 0 Å². The molecule has 1 aromatic heterocycles. The van der Waals surface area contributed by atoms with Gasteiger partial charge >= 0.3 is 12.2 Å². The summed E-state index contributed by atoms with van der Waals surface area (Å²) >= 11 is -0.717. The number of anilines is 1. The molecule has 1 saturated carbocycles. The monoisotopic (exact) mass is 537 g/mol. The van der Waals surface area contributed by atoms with E-state index < -0.39 is 17.2 Å². The number of nitrogens with one attached hydrogen (secondary N) is 2. The third-order valence-electron chi connectivity index (χ3n) is 5.79. The number of hydrogen-bond donors (Lipinski definition) is 3. The fraction of sp³-hybridized carbons (Fsp3) is 0.560. The van der Waals surface area contributed by atoms with E-state index in [0.29, 0.717) is 17.7 Å². The molecule has 198 valence electrons. The van der Waals surface area contributed by atoms with Gasteiger partial charge in [0.1, 0.15) is 0 Å². The van der Waals surface area contributed by atoms with Crippen molar-refractivity contribution in [3.05, 3.63) is 28.9 Å². The van der Waals surface area contributed by atoms with Gasteiger partial charge in [-0.1, -0.05) is 13.0 Å². The zero-order chi connectivity index (χ0) is 26.4. The minimum atomic E-state index is -2.26. The van der Waals surface area contributed by atoms with E-state index in [4.69, 9.17) is 14.5 Å². The van der Waals surface area contributed by atoms with Crippen molar-refractivity contribution in [2.24, 2.45) is 0 Å². The van der Waals surface area contributed by atoms with Crippen molar-refractivity contribution in [2.75, 3.05) is 5.32 Å². The maximum absolute atomic E-state index is 12.2. The maximum atomic E-state index is 12.2. The first kappa shape index (κ1) is 28.1. The number of carbonyl (C=O) groups excluding carboxylic acids is 2. The van der Waals surface area contributed by atoms with Crippen LogP contribution in [0.25, 0.3) is 10.4 Å². The van der Waals surface area contributed by atoms with Crippen molar-refractivity contribution in [1.82, 2.24) is 10.3 Å². The molecule has 0 bridgehead atoms. The molecule has 2 amide bonds. The minimum Gasteiger partial charge on any atom is -0.447 e. The Morgan fingerprint density at radius 2 is 1.75 bits per heavy atom. The molecule has 0 spiro atoms. The standard InChI is InChI=1S/C25H35N3O6S2/c1-6-20-22(19-12-11-18(13-21(19)36(31)32)27-25(30)34-15(4)5)35-23(28-20)16-7-9-17(10-8-16)26-24(29)33-14(2)3/h11-17H,6-10H2,1-5H3,(H,26,29)(H,27,30)(H,31,32). The summed E-state index contributed by atoms with van der Waals surface area (Å²) in [6, 6.07) is 5.02. The van der Waals surface area contributed by atoms with E-state index in [1.165, 1.54) is 6.07 Å². The highest BCUT2D eigenvalue weighted by molar-refractivity contribution is 7.79. The first-order chi connectivity index (χ1) is 17.1. The number of rotatable bonds is 8. The summed E-state index contributed by atoms with van der Waals surface area (Å²) in [7, 11) is 0. The number of nitrogens with zero attached hydrogens (tertiary/aromatic N) is 1. The molecule has 1 aliphatic carbocycles. The fourth-order valence-corrected chi connectivity index (χ4v) is 6.20. The van der Waals surface area contributed by atoms with Crippen LogP contribution in [0, 0.1) is 0 Å². The van der Waals surface area contributed by atoms with Crippen LogP contribution in [0.5, 0.6) is 0 Å². The third kappa shape index (κ3) is 7.50. The largest absolute Gasteiger partial charge is 0.447 e. The van der Waals surface area contributed by atoms with Gasteiger partial charge in [0.15, 0.2) is 11.1 Å². The van der Waals surface area contributed by atoms with E-state index in [1.807, 2.05) is 20.8 Å². The SMILES string of the molecule is CCc1nc(C2CCC(NC(=O)OC(C)C)CC2)sc1-c1ccc(NC(=O)OC(C)C)cc1S(=O)O. The van der Waals surface area contributed by atoms with Gasteiger partial charge in [0, 0.05) is 23.2 Å². The molecule has 1 unspecified atom stereocenters. The van der Waals surface area contributed by atoms with Crippen LogP contribution in [-0.2, 0) is 27.0 Å². The number of ether oxygens (including phenoxy) is 2. The first-order valence-corrected chi connectivity index (χ1v) is 14.2. The Kier molecular flexibility index (Phi) is 9.86. The van der Waals surface area contributed by atoms with Crippen molar-refractivity contribution in [3.8, 4) is 10.4 Å². The molecule has 0 radical (unpaired) electrons. The molecule has 0 aliphatic heterocycles. The fourth-order valence-electron chi connectivity index (χ4n) is 4.19. The van der Waals surface area contributed by atoms with Crippen LogP contribution in [-0.4, -0.2) is 44.2 Å². The van der Waals surface area contributed by atoms with Gasteiger partial charge in [-0.2, -0.15) is 0 Å². The van der Waals surface area contributed by atoms with E-state index in [-0.39, 0.29) is 35.2 Å². The molecule has 0 saturated heterocycles. The third-order valence-corrected chi connectivity index (χ3v) is 7.80. The van der Waals surface area contributed by atoms with Crippen molar-refractivity contribution in [1.29, 1.82) is 0 Å². The number of hydrogen-bond acceptors (Lipinski definition) is 7. The van der Waals surface area contributed by atoms with E-state index in [2.05, 4.69) is 10.6 Å². The Morgan fingerprint density at radius 1 is 1.11 bits per heavy atom. The molecule has 2 aromatic rings. The van der Waals surface area contributed by atoms with Crippen molar-refractivity contribution in [2.45, 2.75) is 95.8 Å². The summed E-state index contributed by atoms with van der Waals surface area (Å²) in [6.45, 7) is 9.15. The normalized spacial score (nSPS) is 18.7. The minimum absolute atomic E-state index is 0.0865. The predicted octanol–water partition coefficient (Wildman–Crippen LogP) is 6.07.